The lowest BCUT2D eigenvalue weighted by Crippen LogP contribution is -2.17. The molecule has 1 atom stereocenters. The summed E-state index contributed by atoms with van der Waals surface area (Å²) >= 11 is 0. The van der Waals surface area contributed by atoms with E-state index in [0.717, 1.165) is 11.1 Å². The number of fused-ring (bicyclic) bond motifs is 1. The first-order chi connectivity index (χ1) is 7.41. The van der Waals surface area contributed by atoms with E-state index in [1.54, 1.807) is 12.1 Å². The molecule has 0 bridgehead atoms. The second-order valence-electron chi connectivity index (χ2n) is 4.34. The van der Waals surface area contributed by atoms with E-state index in [9.17, 15) is 8.42 Å². The van der Waals surface area contributed by atoms with E-state index in [0.29, 0.717) is 16.2 Å². The fourth-order valence-electron chi connectivity index (χ4n) is 1.90. The Kier molecular flexibility index (Phi) is 2.64. The van der Waals surface area contributed by atoms with Gasteiger partial charge < -0.3 is 5.73 Å². The summed E-state index contributed by atoms with van der Waals surface area (Å²) in [6.45, 7) is 3.76. The van der Waals surface area contributed by atoms with Gasteiger partial charge in [-0.15, -0.1) is 0 Å². The predicted octanol–water partition coefficient (Wildman–Crippen LogP) is 1.86. The molecule has 0 radical (unpaired) electrons. The standard InChI is InChI=1S/C12H15NO2S/c1-8-3-4-12-10(5-8)7-11(6-9(2)13)16(12,14)15/h3-5,7,9H,6,13H2,1-2H3. The molecule has 0 saturated heterocycles. The third-order valence-corrected chi connectivity index (χ3v) is 4.57. The van der Waals surface area contributed by atoms with E-state index < -0.39 is 9.84 Å². The SMILES string of the molecule is Cc1ccc2c(c1)C=C(CC(C)N)S2(=O)=O. The Balaban J connectivity index is 2.52. The van der Waals surface area contributed by atoms with Gasteiger partial charge in [0.1, 0.15) is 0 Å². The molecular formula is C12H15NO2S. The average molecular weight is 237 g/mol. The molecule has 0 spiro atoms. The molecule has 0 saturated carbocycles. The van der Waals surface area contributed by atoms with Crippen molar-refractivity contribution in [3.8, 4) is 0 Å². The molecule has 0 aromatic heterocycles. The van der Waals surface area contributed by atoms with Gasteiger partial charge in [-0.1, -0.05) is 17.7 Å². The Morgan fingerprint density at radius 2 is 2.06 bits per heavy atom. The van der Waals surface area contributed by atoms with Gasteiger partial charge in [-0.05, 0) is 38.0 Å². The van der Waals surface area contributed by atoms with Crippen LogP contribution in [0.25, 0.3) is 6.08 Å². The summed E-state index contributed by atoms with van der Waals surface area (Å²) in [6, 6.07) is 5.24. The number of hydrogen-bond acceptors (Lipinski definition) is 3. The van der Waals surface area contributed by atoms with Crippen LogP contribution in [-0.2, 0) is 9.84 Å². The Hall–Kier alpha value is -1.13. The van der Waals surface area contributed by atoms with Crippen molar-refractivity contribution >= 4 is 15.9 Å². The largest absolute Gasteiger partial charge is 0.328 e. The maximum atomic E-state index is 12.1. The Labute approximate surface area is 95.9 Å². The molecule has 3 nitrogen and oxygen atoms in total. The molecule has 0 amide bonds. The van der Waals surface area contributed by atoms with Gasteiger partial charge in [-0.25, -0.2) is 8.42 Å². The molecule has 1 unspecified atom stereocenters. The van der Waals surface area contributed by atoms with Crippen LogP contribution in [0.5, 0.6) is 0 Å². The molecule has 16 heavy (non-hydrogen) atoms. The normalized spacial score (nSPS) is 19.1. The highest BCUT2D eigenvalue weighted by Crippen LogP contribution is 2.35. The lowest BCUT2D eigenvalue weighted by molar-refractivity contribution is 0.599. The summed E-state index contributed by atoms with van der Waals surface area (Å²) < 4.78 is 24.2. The number of benzene rings is 1. The summed E-state index contributed by atoms with van der Waals surface area (Å²) in [6.07, 6.45) is 2.14. The van der Waals surface area contributed by atoms with Gasteiger partial charge in [0.05, 0.1) is 9.80 Å². The summed E-state index contributed by atoms with van der Waals surface area (Å²) in [7, 11) is -3.28. The van der Waals surface area contributed by atoms with Crippen LogP contribution in [0.2, 0.25) is 0 Å². The zero-order valence-corrected chi connectivity index (χ0v) is 10.2. The second-order valence-corrected chi connectivity index (χ2v) is 6.31. The van der Waals surface area contributed by atoms with Gasteiger partial charge >= 0.3 is 0 Å². The average Bonchev–Trinajstić information content (AvgIpc) is 2.37. The topological polar surface area (TPSA) is 60.2 Å². The highest BCUT2D eigenvalue weighted by molar-refractivity contribution is 7.95. The zero-order chi connectivity index (χ0) is 11.9. The monoisotopic (exact) mass is 237 g/mol. The number of hydrogen-bond donors (Lipinski definition) is 1. The molecule has 1 heterocycles. The summed E-state index contributed by atoms with van der Waals surface area (Å²) in [5.74, 6) is 0. The lowest BCUT2D eigenvalue weighted by atomic mass is 10.1. The number of sulfone groups is 1. The van der Waals surface area contributed by atoms with Crippen LogP contribution in [0, 0.1) is 6.92 Å². The van der Waals surface area contributed by atoms with Gasteiger partial charge in [0, 0.05) is 6.04 Å². The molecule has 86 valence electrons. The highest BCUT2D eigenvalue weighted by atomic mass is 32.2. The van der Waals surface area contributed by atoms with E-state index in [4.69, 9.17) is 5.73 Å². The minimum Gasteiger partial charge on any atom is -0.328 e. The Morgan fingerprint density at radius 1 is 1.38 bits per heavy atom. The number of rotatable bonds is 2. The van der Waals surface area contributed by atoms with Crippen LogP contribution in [0.1, 0.15) is 24.5 Å². The van der Waals surface area contributed by atoms with E-state index in [-0.39, 0.29) is 6.04 Å². The molecule has 4 heteroatoms. The van der Waals surface area contributed by atoms with Gasteiger partial charge in [0.2, 0.25) is 9.84 Å². The molecule has 0 aliphatic carbocycles. The van der Waals surface area contributed by atoms with Gasteiger partial charge in [0.25, 0.3) is 0 Å². The maximum Gasteiger partial charge on any atom is 0.203 e. The van der Waals surface area contributed by atoms with Gasteiger partial charge in [0.15, 0.2) is 0 Å². The highest BCUT2D eigenvalue weighted by Gasteiger charge is 2.29. The van der Waals surface area contributed by atoms with Gasteiger partial charge in [-0.3, -0.25) is 0 Å². The fraction of sp³-hybridized carbons (Fsp3) is 0.333. The first kappa shape index (κ1) is 11.4. The smallest absolute Gasteiger partial charge is 0.203 e. The molecule has 1 aliphatic heterocycles. The Morgan fingerprint density at radius 3 is 2.69 bits per heavy atom. The maximum absolute atomic E-state index is 12.1. The molecule has 1 aliphatic rings. The number of aryl methyl sites for hydroxylation is 1. The molecule has 1 aromatic rings. The first-order valence-electron chi connectivity index (χ1n) is 5.23. The molecule has 2 N–H and O–H groups in total. The van der Waals surface area contributed by atoms with E-state index >= 15 is 0 Å². The van der Waals surface area contributed by atoms with E-state index in [1.807, 2.05) is 26.0 Å². The third kappa shape index (κ3) is 1.79. The van der Waals surface area contributed by atoms with E-state index in [1.165, 1.54) is 0 Å². The quantitative estimate of drug-likeness (QED) is 0.854. The van der Waals surface area contributed by atoms with Crippen molar-refractivity contribution < 1.29 is 8.42 Å². The Bertz CT molecular complexity index is 556. The zero-order valence-electron chi connectivity index (χ0n) is 9.40. The molecule has 2 rings (SSSR count). The van der Waals surface area contributed by atoms with Crippen LogP contribution >= 0.6 is 0 Å². The van der Waals surface area contributed by atoms with Crippen LogP contribution < -0.4 is 5.73 Å². The fourth-order valence-corrected chi connectivity index (χ4v) is 3.63. The summed E-state index contributed by atoms with van der Waals surface area (Å²) in [4.78, 5) is 0.844. The summed E-state index contributed by atoms with van der Waals surface area (Å²) in [5.41, 5.74) is 7.50. The minimum absolute atomic E-state index is 0.142. The van der Waals surface area contributed by atoms with Crippen molar-refractivity contribution in [3.05, 3.63) is 34.2 Å². The van der Waals surface area contributed by atoms with Crippen LogP contribution in [-0.4, -0.2) is 14.5 Å². The van der Waals surface area contributed by atoms with Crippen molar-refractivity contribution in [2.45, 2.75) is 31.2 Å². The number of nitrogens with two attached hydrogens (primary N) is 1. The van der Waals surface area contributed by atoms with Crippen molar-refractivity contribution in [1.29, 1.82) is 0 Å². The van der Waals surface area contributed by atoms with Crippen molar-refractivity contribution in [2.24, 2.45) is 5.73 Å². The molecule has 0 fully saturated rings. The lowest BCUT2D eigenvalue weighted by Gasteiger charge is -2.06. The van der Waals surface area contributed by atoms with Crippen LogP contribution in [0.4, 0.5) is 0 Å². The van der Waals surface area contributed by atoms with Crippen molar-refractivity contribution in [3.63, 3.8) is 0 Å². The van der Waals surface area contributed by atoms with Crippen molar-refractivity contribution in [1.82, 2.24) is 0 Å². The van der Waals surface area contributed by atoms with Crippen LogP contribution in [0.3, 0.4) is 0 Å². The predicted molar refractivity (Wildman–Crippen MR) is 64.6 cm³/mol. The first-order valence-corrected chi connectivity index (χ1v) is 6.71. The second kappa shape index (κ2) is 3.71. The summed E-state index contributed by atoms with van der Waals surface area (Å²) in [5, 5.41) is 0. The van der Waals surface area contributed by atoms with Gasteiger partial charge in [-0.2, -0.15) is 0 Å². The third-order valence-electron chi connectivity index (χ3n) is 2.64. The minimum atomic E-state index is -3.28. The molecule has 1 aromatic carbocycles. The van der Waals surface area contributed by atoms with Crippen molar-refractivity contribution in [2.75, 3.05) is 0 Å². The van der Waals surface area contributed by atoms with Crippen LogP contribution in [0.15, 0.2) is 28.0 Å². The van der Waals surface area contributed by atoms with E-state index in [2.05, 4.69) is 0 Å². The molecular weight excluding hydrogens is 222 g/mol.